The SMILES string of the molecule is CCc1c2c(nc3ccc(OCC(=O)NCC(=O)NCCCC[C@H](NC(=O)CCC(=O)NCCN4C(=O)C=CC4=O)C(=O)N[C@@H](CCCCNC(C)OC)C4OC4O)cc13)-c1cc3c(c(=O)n1C2)COC(=O)[C@]3(O)CC. The Bertz CT molecular complexity index is 2800. The number of hydrogen-bond acceptors (Lipinski definition) is 17. The Hall–Kier alpha value is -7.12. The second kappa shape index (κ2) is 25.6. The van der Waals surface area contributed by atoms with Crippen molar-refractivity contribution in [1.29, 1.82) is 0 Å². The van der Waals surface area contributed by atoms with Crippen molar-refractivity contribution in [3.63, 3.8) is 0 Å². The van der Waals surface area contributed by atoms with Gasteiger partial charge in [0.1, 0.15) is 30.7 Å². The summed E-state index contributed by atoms with van der Waals surface area (Å²) in [7, 11) is 1.59. The van der Waals surface area contributed by atoms with E-state index in [-0.39, 0.29) is 87.9 Å². The molecular formula is C52H67N9O15. The van der Waals surface area contributed by atoms with Crippen molar-refractivity contribution < 1.29 is 67.5 Å². The summed E-state index contributed by atoms with van der Waals surface area (Å²) in [4.78, 5) is 121. The van der Waals surface area contributed by atoms with Crippen LogP contribution in [0.5, 0.6) is 5.75 Å². The molecule has 410 valence electrons. The van der Waals surface area contributed by atoms with Crippen LogP contribution >= 0.6 is 0 Å². The maximum absolute atomic E-state index is 13.7. The molecule has 3 aromatic rings. The molecule has 1 fully saturated rings. The first-order chi connectivity index (χ1) is 36.5. The molecule has 6 heterocycles. The fourth-order valence-electron chi connectivity index (χ4n) is 9.48. The van der Waals surface area contributed by atoms with E-state index in [1.165, 1.54) is 0 Å². The van der Waals surface area contributed by atoms with Gasteiger partial charge < -0.3 is 60.3 Å². The van der Waals surface area contributed by atoms with Crippen LogP contribution in [0.3, 0.4) is 0 Å². The molecule has 7 rings (SSSR count). The molecule has 7 amide bonds. The van der Waals surface area contributed by atoms with E-state index < -0.39 is 84.0 Å². The average molecular weight is 1060 g/mol. The van der Waals surface area contributed by atoms with E-state index in [1.54, 1.807) is 42.9 Å². The Labute approximate surface area is 438 Å². The maximum atomic E-state index is 13.7. The van der Waals surface area contributed by atoms with Crippen LogP contribution in [0.4, 0.5) is 0 Å². The standard InChI is InChI=1S/C52H67N9O15/c1-5-31-32-23-30(13-14-36(32)58-46-33(31)26-61-39(46)24-35-34(49(61)69)27-75-51(71)52(35,72)6-2)74-28-43(65)56-25-42(64)54-20-10-8-12-38(48(68)59-37(47-50(70)76-47)11-7-9-19-53-29(3)73-4)57-41(63)16-15-40(62)55-21-22-60-44(66)17-18-45(60)67/h13-14,17-18,23-24,29,37-38,47,50,53,70,72H,5-12,15-16,19-22,25-28H2,1-4H3,(H,54,64)(H,55,62)(H,56,65)(H,57,63)(H,59,68)/t29?,37-,38-,47?,50?,52-/m0/s1. The summed E-state index contributed by atoms with van der Waals surface area (Å²) in [6.07, 6.45) is 3.45. The molecular weight excluding hydrogens is 991 g/mol. The summed E-state index contributed by atoms with van der Waals surface area (Å²) in [5, 5.41) is 38.7. The van der Waals surface area contributed by atoms with Gasteiger partial charge in [-0.15, -0.1) is 0 Å². The van der Waals surface area contributed by atoms with Gasteiger partial charge in [0.2, 0.25) is 23.6 Å². The molecule has 0 bridgehead atoms. The Morgan fingerprint density at radius 3 is 2.29 bits per heavy atom. The zero-order valence-corrected chi connectivity index (χ0v) is 43.1. The van der Waals surface area contributed by atoms with Gasteiger partial charge >= 0.3 is 5.97 Å². The molecule has 0 spiro atoms. The van der Waals surface area contributed by atoms with Crippen LogP contribution in [0.15, 0.2) is 41.2 Å². The molecule has 76 heavy (non-hydrogen) atoms. The monoisotopic (exact) mass is 1060 g/mol. The van der Waals surface area contributed by atoms with E-state index >= 15 is 0 Å². The van der Waals surface area contributed by atoms with Crippen LogP contribution in [-0.4, -0.2) is 149 Å². The van der Waals surface area contributed by atoms with Crippen LogP contribution < -0.4 is 42.2 Å². The number of esters is 1. The number of aliphatic hydroxyl groups is 2. The predicted octanol–water partition coefficient (Wildman–Crippen LogP) is -0.316. The number of aryl methyl sites for hydroxylation is 1. The van der Waals surface area contributed by atoms with E-state index in [0.717, 1.165) is 40.0 Å². The quantitative estimate of drug-likeness (QED) is 0.0114. The number of pyridine rings is 2. The van der Waals surface area contributed by atoms with E-state index in [0.29, 0.717) is 61.3 Å². The number of carbonyl (C=O) groups is 8. The number of cyclic esters (lactones) is 1. The number of methoxy groups -OCH3 is 1. The van der Waals surface area contributed by atoms with Crippen molar-refractivity contribution in [3.8, 4) is 17.1 Å². The van der Waals surface area contributed by atoms with Gasteiger partial charge in [0.15, 0.2) is 18.5 Å². The first-order valence-electron chi connectivity index (χ1n) is 25.7. The van der Waals surface area contributed by atoms with E-state index in [2.05, 4.69) is 31.9 Å². The highest BCUT2D eigenvalue weighted by Gasteiger charge is 2.46. The number of nitrogens with zero attached hydrogens (tertiary/aromatic N) is 3. The Morgan fingerprint density at radius 1 is 0.868 bits per heavy atom. The number of rotatable bonds is 29. The average Bonchev–Trinajstić information content (AvgIpc) is 3.95. The largest absolute Gasteiger partial charge is 0.484 e. The summed E-state index contributed by atoms with van der Waals surface area (Å²) >= 11 is 0. The maximum Gasteiger partial charge on any atom is 0.343 e. The third-order valence-electron chi connectivity index (χ3n) is 13.9. The number of benzene rings is 1. The van der Waals surface area contributed by atoms with Crippen molar-refractivity contribution >= 4 is 58.2 Å². The third kappa shape index (κ3) is 13.6. The molecule has 24 heteroatoms. The fourth-order valence-corrected chi connectivity index (χ4v) is 9.48. The molecule has 0 aliphatic carbocycles. The highest BCUT2D eigenvalue weighted by molar-refractivity contribution is 6.12. The summed E-state index contributed by atoms with van der Waals surface area (Å²) in [6, 6.07) is 5.24. The molecule has 1 saturated heterocycles. The third-order valence-corrected chi connectivity index (χ3v) is 13.9. The number of aromatic nitrogens is 2. The number of ether oxygens (including phenoxy) is 4. The van der Waals surface area contributed by atoms with Gasteiger partial charge in [-0.1, -0.05) is 20.3 Å². The number of hydrogen-bond donors (Lipinski definition) is 8. The van der Waals surface area contributed by atoms with E-state index in [9.17, 15) is 53.4 Å². The second-order valence-electron chi connectivity index (χ2n) is 19.0. The lowest BCUT2D eigenvalue weighted by Gasteiger charge is -2.31. The Balaban J connectivity index is 0.870. The fraction of sp³-hybridized carbons (Fsp3) is 0.538. The van der Waals surface area contributed by atoms with Gasteiger partial charge in [-0.05, 0) is 88.2 Å². The van der Waals surface area contributed by atoms with Crippen LogP contribution in [0.1, 0.15) is 101 Å². The van der Waals surface area contributed by atoms with Crippen LogP contribution in [-0.2, 0) is 77.7 Å². The number of fused-ring (bicyclic) bond motifs is 5. The summed E-state index contributed by atoms with van der Waals surface area (Å²) in [6.45, 7) is 5.56. The number of nitrogens with one attached hydrogen (secondary N) is 6. The highest BCUT2D eigenvalue weighted by Crippen LogP contribution is 2.41. The first kappa shape index (κ1) is 56.6. The Kier molecular flexibility index (Phi) is 19.1. The molecule has 8 N–H and O–H groups in total. The van der Waals surface area contributed by atoms with Gasteiger partial charge in [-0.3, -0.25) is 48.6 Å². The smallest absolute Gasteiger partial charge is 0.343 e. The molecule has 0 radical (unpaired) electrons. The van der Waals surface area contributed by atoms with Crippen LogP contribution in [0.2, 0.25) is 0 Å². The number of imide groups is 1. The predicted molar refractivity (Wildman–Crippen MR) is 270 cm³/mol. The minimum absolute atomic E-state index is 0.00365. The molecule has 24 nitrogen and oxygen atoms in total. The van der Waals surface area contributed by atoms with Gasteiger partial charge in [0, 0.05) is 68.3 Å². The number of epoxide rings is 1. The molecule has 6 atom stereocenters. The molecule has 4 aliphatic heterocycles. The topological polar surface area (TPSA) is 328 Å². The summed E-state index contributed by atoms with van der Waals surface area (Å²) in [5.41, 5.74) is 1.56. The lowest BCUT2D eigenvalue weighted by Crippen LogP contribution is -2.51. The van der Waals surface area contributed by atoms with E-state index in [4.69, 9.17) is 23.9 Å². The lowest BCUT2D eigenvalue weighted by atomic mass is 9.86. The molecule has 1 aromatic carbocycles. The van der Waals surface area contributed by atoms with Crippen molar-refractivity contribution in [2.75, 3.05) is 46.4 Å². The van der Waals surface area contributed by atoms with Gasteiger partial charge in [-0.25, -0.2) is 9.78 Å². The molecule has 3 unspecified atom stereocenters. The zero-order chi connectivity index (χ0) is 54.7. The minimum atomic E-state index is -1.95. The van der Waals surface area contributed by atoms with Crippen molar-refractivity contribution in [2.24, 2.45) is 0 Å². The minimum Gasteiger partial charge on any atom is -0.484 e. The summed E-state index contributed by atoms with van der Waals surface area (Å²) < 4.78 is 23.1. The lowest BCUT2D eigenvalue weighted by molar-refractivity contribution is -0.172. The highest BCUT2D eigenvalue weighted by atomic mass is 16.7. The van der Waals surface area contributed by atoms with Gasteiger partial charge in [-0.2, -0.15) is 0 Å². The zero-order valence-electron chi connectivity index (χ0n) is 43.1. The number of amides is 7. The van der Waals surface area contributed by atoms with Crippen LogP contribution in [0, 0.1) is 0 Å². The second-order valence-corrected chi connectivity index (χ2v) is 19.0. The molecule has 4 aliphatic rings. The Morgan fingerprint density at radius 2 is 1.58 bits per heavy atom. The van der Waals surface area contributed by atoms with Crippen LogP contribution in [0.25, 0.3) is 22.3 Å². The number of unbranched alkanes of at least 4 members (excludes halogenated alkanes) is 2. The van der Waals surface area contributed by atoms with Gasteiger partial charge in [0.05, 0.1) is 41.6 Å². The summed E-state index contributed by atoms with van der Waals surface area (Å²) in [5.74, 6) is -4.00. The van der Waals surface area contributed by atoms with Crippen molar-refractivity contribution in [2.45, 2.75) is 134 Å². The van der Waals surface area contributed by atoms with Gasteiger partial charge in [0.25, 0.3) is 23.3 Å². The normalized spacial score (nSPS) is 19.2. The number of aliphatic hydroxyl groups excluding tert-OH is 1. The number of carbonyl (C=O) groups excluding carboxylic acids is 8. The van der Waals surface area contributed by atoms with Crippen molar-refractivity contribution in [3.05, 3.63) is 69.0 Å². The van der Waals surface area contributed by atoms with E-state index in [1.807, 2.05) is 13.8 Å². The first-order valence-corrected chi connectivity index (χ1v) is 25.7. The van der Waals surface area contributed by atoms with Crippen molar-refractivity contribution in [1.82, 2.24) is 46.4 Å². The molecule has 0 saturated carbocycles. The molecule has 2 aromatic heterocycles.